The topological polar surface area (TPSA) is 87.7 Å². The van der Waals surface area contributed by atoms with Gasteiger partial charge in [-0.15, -0.1) is 0 Å². The van der Waals surface area contributed by atoms with Crippen molar-refractivity contribution < 1.29 is 9.84 Å². The number of aromatic amines is 1. The number of anilines is 2. The number of nitrogens with one attached hydrogen (secondary N) is 2. The van der Waals surface area contributed by atoms with E-state index in [0.717, 1.165) is 11.5 Å². The molecule has 1 aliphatic rings. The van der Waals surface area contributed by atoms with Crippen LogP contribution in [-0.4, -0.2) is 35.1 Å². The first-order chi connectivity index (χ1) is 12.2. The number of sulfone groups is 1. The second kappa shape index (κ2) is 7.23. The number of pyridine rings is 1. The van der Waals surface area contributed by atoms with Crippen LogP contribution in [0, 0.1) is 5.41 Å². The van der Waals surface area contributed by atoms with E-state index in [9.17, 15) is 8.42 Å². The third-order valence-electron chi connectivity index (χ3n) is 3.93. The predicted octanol–water partition coefficient (Wildman–Crippen LogP) is 4.15. The summed E-state index contributed by atoms with van der Waals surface area (Å²) in [5, 5.41) is 10.5. The van der Waals surface area contributed by atoms with E-state index in [1.54, 1.807) is 12.2 Å². The van der Waals surface area contributed by atoms with Crippen molar-refractivity contribution in [3.63, 3.8) is 0 Å². The molecular weight excluding hydrogens is 348 g/mol. The van der Waals surface area contributed by atoms with Crippen LogP contribution in [0.4, 0.5) is 11.6 Å². The fraction of sp³-hybridized carbons (Fsp3) is 0.474. The molecule has 2 aromatic rings. The van der Waals surface area contributed by atoms with Gasteiger partial charge in [-0.1, -0.05) is 32.9 Å². The fourth-order valence-corrected chi connectivity index (χ4v) is 4.61. The molecular formula is C19H28N4O2S. The molecule has 1 fully saturated rings. The standard InChI is InChI=1S/C19H26N4O2S.H2/c1-19(2,3)13-26(24,25)11-5-7-15-6-4-8-17(20-15)21-18-12-16(22-23-18)14-9-10-14;/h4-8,12,14H,9-11,13H2,1-3H3,(H2,20,21,22,23);1H/b7-5+;. The second-order valence-corrected chi connectivity index (χ2v) is 10.2. The third-order valence-corrected chi connectivity index (χ3v) is 5.94. The largest absolute Gasteiger partial charge is 0.323 e. The van der Waals surface area contributed by atoms with Crippen LogP contribution >= 0.6 is 0 Å². The maximum atomic E-state index is 12.1. The molecule has 0 amide bonds. The van der Waals surface area contributed by atoms with Crippen molar-refractivity contribution in [3.8, 4) is 0 Å². The van der Waals surface area contributed by atoms with E-state index < -0.39 is 9.84 Å². The van der Waals surface area contributed by atoms with Crippen molar-refractivity contribution in [2.24, 2.45) is 5.41 Å². The van der Waals surface area contributed by atoms with Gasteiger partial charge in [0.1, 0.15) is 5.82 Å². The summed E-state index contributed by atoms with van der Waals surface area (Å²) in [6, 6.07) is 7.60. The minimum absolute atomic E-state index is 0. The summed E-state index contributed by atoms with van der Waals surface area (Å²) in [5.41, 5.74) is 1.63. The van der Waals surface area contributed by atoms with Crippen LogP contribution in [0.15, 0.2) is 30.3 Å². The fourth-order valence-electron chi connectivity index (χ4n) is 2.78. The normalized spacial score (nSPS) is 15.5. The maximum Gasteiger partial charge on any atom is 0.154 e. The molecule has 2 heterocycles. The molecule has 1 aliphatic carbocycles. The summed E-state index contributed by atoms with van der Waals surface area (Å²) in [6.45, 7) is 5.78. The van der Waals surface area contributed by atoms with Crippen molar-refractivity contribution in [2.45, 2.75) is 39.5 Å². The number of H-pyrrole nitrogens is 1. The molecule has 2 aromatic heterocycles. The van der Waals surface area contributed by atoms with Crippen molar-refractivity contribution >= 4 is 27.5 Å². The summed E-state index contributed by atoms with van der Waals surface area (Å²) in [5.74, 6) is 2.23. The first kappa shape index (κ1) is 18.6. The Kier molecular flexibility index (Phi) is 5.18. The maximum absolute atomic E-state index is 12.1. The lowest BCUT2D eigenvalue weighted by Gasteiger charge is -2.17. The third kappa shape index (κ3) is 5.69. The Labute approximate surface area is 156 Å². The lowest BCUT2D eigenvalue weighted by molar-refractivity contribution is 0.462. The zero-order chi connectivity index (χ0) is 18.8. The summed E-state index contributed by atoms with van der Waals surface area (Å²) in [6.07, 6.45) is 5.84. The number of hydrogen-bond donors (Lipinski definition) is 2. The molecule has 2 N–H and O–H groups in total. The molecule has 0 aromatic carbocycles. The lowest BCUT2D eigenvalue weighted by Crippen LogP contribution is -2.22. The molecule has 0 saturated heterocycles. The van der Waals surface area contributed by atoms with E-state index in [1.165, 1.54) is 12.8 Å². The van der Waals surface area contributed by atoms with Crippen LogP contribution in [-0.2, 0) is 9.84 Å². The van der Waals surface area contributed by atoms with Gasteiger partial charge in [-0.05, 0) is 36.5 Å². The van der Waals surface area contributed by atoms with Crippen molar-refractivity contribution in [1.29, 1.82) is 0 Å². The van der Waals surface area contributed by atoms with Gasteiger partial charge in [-0.2, -0.15) is 5.10 Å². The van der Waals surface area contributed by atoms with Crippen LogP contribution in [0.3, 0.4) is 0 Å². The van der Waals surface area contributed by atoms with Crippen molar-refractivity contribution in [2.75, 3.05) is 16.8 Å². The van der Waals surface area contributed by atoms with Gasteiger partial charge < -0.3 is 5.32 Å². The van der Waals surface area contributed by atoms with Crippen molar-refractivity contribution in [3.05, 3.63) is 41.7 Å². The smallest absolute Gasteiger partial charge is 0.154 e. The Bertz CT molecular complexity index is 896. The van der Waals surface area contributed by atoms with Gasteiger partial charge in [-0.3, -0.25) is 5.10 Å². The second-order valence-electron chi connectivity index (χ2n) is 8.07. The monoisotopic (exact) mass is 376 g/mol. The van der Waals surface area contributed by atoms with Gasteiger partial charge in [-0.25, -0.2) is 13.4 Å². The molecule has 26 heavy (non-hydrogen) atoms. The predicted molar refractivity (Wildman–Crippen MR) is 107 cm³/mol. The summed E-state index contributed by atoms with van der Waals surface area (Å²) in [4.78, 5) is 4.49. The van der Waals surface area contributed by atoms with E-state index >= 15 is 0 Å². The molecule has 0 atom stereocenters. The first-order valence-electron chi connectivity index (χ1n) is 8.87. The van der Waals surface area contributed by atoms with E-state index in [-0.39, 0.29) is 18.3 Å². The van der Waals surface area contributed by atoms with Gasteiger partial charge in [0.15, 0.2) is 15.7 Å². The summed E-state index contributed by atoms with van der Waals surface area (Å²) in [7, 11) is -3.11. The minimum Gasteiger partial charge on any atom is -0.323 e. The first-order valence-corrected chi connectivity index (χ1v) is 10.7. The van der Waals surface area contributed by atoms with Gasteiger partial charge in [0.05, 0.1) is 17.2 Å². The van der Waals surface area contributed by atoms with Gasteiger partial charge in [0.25, 0.3) is 0 Å². The molecule has 0 unspecified atom stereocenters. The molecule has 0 bridgehead atoms. The zero-order valence-corrected chi connectivity index (χ0v) is 16.3. The van der Waals surface area contributed by atoms with E-state index in [1.807, 2.05) is 45.0 Å². The van der Waals surface area contributed by atoms with Gasteiger partial charge in [0.2, 0.25) is 0 Å². The lowest BCUT2D eigenvalue weighted by atomic mass is 10.0. The highest BCUT2D eigenvalue weighted by Crippen LogP contribution is 2.39. The van der Waals surface area contributed by atoms with Crippen LogP contribution in [0.25, 0.3) is 6.08 Å². The highest BCUT2D eigenvalue weighted by atomic mass is 32.2. The molecule has 7 heteroatoms. The molecule has 1 saturated carbocycles. The van der Waals surface area contributed by atoms with Crippen molar-refractivity contribution in [1.82, 2.24) is 15.2 Å². The average molecular weight is 377 g/mol. The van der Waals surface area contributed by atoms with Gasteiger partial charge >= 0.3 is 0 Å². The Balaban J connectivity index is 0.00000261. The Morgan fingerprint density at radius 3 is 2.77 bits per heavy atom. The van der Waals surface area contributed by atoms with Crippen LogP contribution in [0.2, 0.25) is 0 Å². The summed E-state index contributed by atoms with van der Waals surface area (Å²) < 4.78 is 24.2. The van der Waals surface area contributed by atoms with Gasteiger partial charge in [0, 0.05) is 19.1 Å². The highest BCUT2D eigenvalue weighted by Gasteiger charge is 2.25. The Morgan fingerprint density at radius 1 is 1.31 bits per heavy atom. The number of nitrogens with zero attached hydrogens (tertiary/aromatic N) is 2. The SMILES string of the molecule is CC(C)(C)CS(=O)(=O)C/C=C/c1cccc(Nc2cc(C3CC3)[nH]n2)n1.[HH]. The van der Waals surface area contributed by atoms with E-state index in [4.69, 9.17) is 0 Å². The van der Waals surface area contributed by atoms with E-state index in [2.05, 4.69) is 20.5 Å². The number of aromatic nitrogens is 3. The molecule has 6 nitrogen and oxygen atoms in total. The molecule has 0 radical (unpaired) electrons. The number of rotatable bonds is 7. The number of hydrogen-bond acceptors (Lipinski definition) is 5. The summed E-state index contributed by atoms with van der Waals surface area (Å²) >= 11 is 0. The van der Waals surface area contributed by atoms with Crippen LogP contribution in [0.5, 0.6) is 0 Å². The van der Waals surface area contributed by atoms with Crippen LogP contribution in [0.1, 0.15) is 52.3 Å². The molecule has 0 aliphatic heterocycles. The quantitative estimate of drug-likeness (QED) is 0.758. The molecule has 3 rings (SSSR count). The highest BCUT2D eigenvalue weighted by molar-refractivity contribution is 7.91. The Hall–Kier alpha value is -2.15. The van der Waals surface area contributed by atoms with E-state index in [0.29, 0.717) is 17.4 Å². The molecule has 0 spiro atoms. The zero-order valence-electron chi connectivity index (χ0n) is 15.5. The molecule has 142 valence electrons. The average Bonchev–Trinajstić information content (AvgIpc) is 3.26. The van der Waals surface area contributed by atoms with Crippen LogP contribution < -0.4 is 5.32 Å². The minimum atomic E-state index is -3.11. The Morgan fingerprint density at radius 2 is 2.08 bits per heavy atom.